The van der Waals surface area contributed by atoms with Gasteiger partial charge in [-0.15, -0.1) is 0 Å². The van der Waals surface area contributed by atoms with Crippen LogP contribution in [-0.2, 0) is 6.61 Å². The predicted octanol–water partition coefficient (Wildman–Crippen LogP) is 3.10. The molecule has 0 aromatic carbocycles. The molecule has 100 valence electrons. The van der Waals surface area contributed by atoms with Gasteiger partial charge in [0.25, 0.3) is 0 Å². The van der Waals surface area contributed by atoms with Gasteiger partial charge in [-0.1, -0.05) is 26.0 Å². The maximum absolute atomic E-state index is 9.34. The number of aromatic nitrogens is 1. The van der Waals surface area contributed by atoms with E-state index in [2.05, 4.69) is 37.2 Å². The van der Waals surface area contributed by atoms with Gasteiger partial charge >= 0.3 is 0 Å². The molecule has 3 heteroatoms. The van der Waals surface area contributed by atoms with Gasteiger partial charge in [-0.3, -0.25) is 0 Å². The second-order valence-corrected chi connectivity index (χ2v) is 5.04. The van der Waals surface area contributed by atoms with Crippen molar-refractivity contribution in [1.82, 2.24) is 4.98 Å². The molecule has 1 rings (SSSR count). The van der Waals surface area contributed by atoms with Gasteiger partial charge < -0.3 is 10.0 Å². The quantitative estimate of drug-likeness (QED) is 0.786. The third-order valence-corrected chi connectivity index (χ3v) is 2.83. The van der Waals surface area contributed by atoms with Crippen LogP contribution in [0.3, 0.4) is 0 Å². The van der Waals surface area contributed by atoms with E-state index < -0.39 is 0 Å². The number of pyridine rings is 1. The molecule has 1 N–H and O–H groups in total. The van der Waals surface area contributed by atoms with E-state index in [1.54, 1.807) is 0 Å². The highest BCUT2D eigenvalue weighted by molar-refractivity contribution is 5.44. The number of aliphatic hydroxyl groups excluding tert-OH is 1. The lowest BCUT2D eigenvalue weighted by Gasteiger charge is -2.23. The first-order valence-corrected chi connectivity index (χ1v) is 6.49. The Morgan fingerprint density at radius 2 is 2.11 bits per heavy atom. The number of likely N-dealkylation sites (N-methyl/N-ethyl adjacent to an activating group) is 1. The molecule has 0 bridgehead atoms. The van der Waals surface area contributed by atoms with Crippen LogP contribution in [0.5, 0.6) is 0 Å². The van der Waals surface area contributed by atoms with Crippen LogP contribution < -0.4 is 4.90 Å². The maximum Gasteiger partial charge on any atom is 0.129 e. The summed E-state index contributed by atoms with van der Waals surface area (Å²) >= 11 is 0. The molecule has 1 aromatic rings. The number of aliphatic hydroxyl groups is 1. The second kappa shape index (κ2) is 6.55. The van der Waals surface area contributed by atoms with Crippen LogP contribution in [0, 0.1) is 0 Å². The average molecular weight is 248 g/mol. The summed E-state index contributed by atoms with van der Waals surface area (Å²) < 4.78 is 0. The van der Waals surface area contributed by atoms with Crippen molar-refractivity contribution >= 4 is 5.82 Å². The molecular weight excluding hydrogens is 224 g/mol. The molecule has 0 spiro atoms. The molecule has 0 fully saturated rings. The van der Waals surface area contributed by atoms with Crippen molar-refractivity contribution in [2.75, 3.05) is 18.0 Å². The summed E-state index contributed by atoms with van der Waals surface area (Å²) in [6.07, 6.45) is 0. The fraction of sp³-hybridized carbons (Fsp3) is 0.533. The summed E-state index contributed by atoms with van der Waals surface area (Å²) in [5, 5.41) is 9.34. The topological polar surface area (TPSA) is 36.4 Å². The van der Waals surface area contributed by atoms with Crippen molar-refractivity contribution in [1.29, 1.82) is 0 Å². The van der Waals surface area contributed by atoms with Gasteiger partial charge in [0.15, 0.2) is 0 Å². The number of hydrogen-bond donors (Lipinski definition) is 1. The SMILES string of the molecule is C=C(C)CN(CC)c1cc(CO)cc(C(C)C)n1. The molecule has 1 aromatic heterocycles. The van der Waals surface area contributed by atoms with E-state index in [1.807, 2.05) is 19.1 Å². The van der Waals surface area contributed by atoms with Gasteiger partial charge in [0.2, 0.25) is 0 Å². The Morgan fingerprint density at radius 3 is 2.56 bits per heavy atom. The standard InChI is InChI=1S/C15H24N2O/c1-6-17(9-11(2)3)15-8-13(10-18)7-14(16-15)12(4)5/h7-8,12,18H,2,6,9-10H2,1,3-5H3. The van der Waals surface area contributed by atoms with Crippen molar-refractivity contribution < 1.29 is 5.11 Å². The van der Waals surface area contributed by atoms with Crippen LogP contribution in [0.2, 0.25) is 0 Å². The molecule has 0 saturated heterocycles. The number of rotatable bonds is 6. The predicted molar refractivity (Wildman–Crippen MR) is 76.9 cm³/mol. The molecule has 0 saturated carbocycles. The fourth-order valence-corrected chi connectivity index (χ4v) is 1.82. The highest BCUT2D eigenvalue weighted by Crippen LogP contribution is 2.21. The van der Waals surface area contributed by atoms with Gasteiger partial charge in [-0.25, -0.2) is 4.98 Å². The van der Waals surface area contributed by atoms with Gasteiger partial charge in [-0.2, -0.15) is 0 Å². The third-order valence-electron chi connectivity index (χ3n) is 2.83. The van der Waals surface area contributed by atoms with Crippen LogP contribution >= 0.6 is 0 Å². The zero-order chi connectivity index (χ0) is 13.7. The largest absolute Gasteiger partial charge is 0.392 e. The minimum atomic E-state index is 0.0554. The van der Waals surface area contributed by atoms with E-state index in [0.717, 1.165) is 35.7 Å². The molecule has 0 unspecified atom stereocenters. The van der Waals surface area contributed by atoms with Gasteiger partial charge in [0.1, 0.15) is 5.82 Å². The number of anilines is 1. The lowest BCUT2D eigenvalue weighted by atomic mass is 10.1. The average Bonchev–Trinajstić information content (AvgIpc) is 2.34. The first-order chi connectivity index (χ1) is 8.47. The molecule has 0 aliphatic carbocycles. The monoisotopic (exact) mass is 248 g/mol. The fourth-order valence-electron chi connectivity index (χ4n) is 1.82. The normalized spacial score (nSPS) is 10.8. The maximum atomic E-state index is 9.34. The minimum Gasteiger partial charge on any atom is -0.392 e. The van der Waals surface area contributed by atoms with Gasteiger partial charge in [0.05, 0.1) is 6.61 Å². The third kappa shape index (κ3) is 3.84. The molecule has 1 heterocycles. The van der Waals surface area contributed by atoms with Crippen molar-refractivity contribution in [3.8, 4) is 0 Å². The summed E-state index contributed by atoms with van der Waals surface area (Å²) in [6.45, 7) is 14.0. The summed E-state index contributed by atoms with van der Waals surface area (Å²) in [6, 6.07) is 3.93. The summed E-state index contributed by atoms with van der Waals surface area (Å²) in [7, 11) is 0. The van der Waals surface area contributed by atoms with Crippen LogP contribution in [0.25, 0.3) is 0 Å². The first-order valence-electron chi connectivity index (χ1n) is 6.49. The Morgan fingerprint density at radius 1 is 1.44 bits per heavy atom. The van der Waals surface area contributed by atoms with Gasteiger partial charge in [0, 0.05) is 18.8 Å². The van der Waals surface area contributed by atoms with Crippen molar-refractivity contribution in [2.24, 2.45) is 0 Å². The van der Waals surface area contributed by atoms with E-state index in [4.69, 9.17) is 0 Å². The molecule has 0 aliphatic heterocycles. The molecule has 0 radical (unpaired) electrons. The van der Waals surface area contributed by atoms with Crippen LogP contribution in [-0.4, -0.2) is 23.2 Å². The molecule has 18 heavy (non-hydrogen) atoms. The Balaban J connectivity index is 3.12. The summed E-state index contributed by atoms with van der Waals surface area (Å²) in [4.78, 5) is 6.85. The smallest absolute Gasteiger partial charge is 0.129 e. The van der Waals surface area contributed by atoms with Crippen LogP contribution in [0.4, 0.5) is 5.82 Å². The van der Waals surface area contributed by atoms with E-state index >= 15 is 0 Å². The number of nitrogens with zero attached hydrogens (tertiary/aromatic N) is 2. The van der Waals surface area contributed by atoms with Gasteiger partial charge in [-0.05, 0) is 37.5 Å². The van der Waals surface area contributed by atoms with Crippen molar-refractivity contribution in [2.45, 2.75) is 40.2 Å². The first kappa shape index (κ1) is 14.7. The zero-order valence-electron chi connectivity index (χ0n) is 11.9. The zero-order valence-corrected chi connectivity index (χ0v) is 11.9. The van der Waals surface area contributed by atoms with E-state index in [0.29, 0.717) is 5.92 Å². The van der Waals surface area contributed by atoms with E-state index in [1.165, 1.54) is 0 Å². The Labute approximate surface area is 110 Å². The van der Waals surface area contributed by atoms with Crippen molar-refractivity contribution in [3.63, 3.8) is 0 Å². The van der Waals surface area contributed by atoms with Crippen LogP contribution in [0.15, 0.2) is 24.3 Å². The minimum absolute atomic E-state index is 0.0554. The lowest BCUT2D eigenvalue weighted by Crippen LogP contribution is -2.26. The molecule has 0 atom stereocenters. The second-order valence-electron chi connectivity index (χ2n) is 5.04. The highest BCUT2D eigenvalue weighted by atomic mass is 16.3. The lowest BCUT2D eigenvalue weighted by molar-refractivity contribution is 0.281. The van der Waals surface area contributed by atoms with Crippen molar-refractivity contribution in [3.05, 3.63) is 35.5 Å². The molecule has 0 aliphatic rings. The Bertz CT molecular complexity index is 413. The van der Waals surface area contributed by atoms with Crippen LogP contribution in [0.1, 0.15) is 44.9 Å². The molecular formula is C15H24N2O. The highest BCUT2D eigenvalue weighted by Gasteiger charge is 2.11. The molecule has 3 nitrogen and oxygen atoms in total. The summed E-state index contributed by atoms with van der Waals surface area (Å²) in [5.41, 5.74) is 3.06. The Kier molecular flexibility index (Phi) is 5.35. The summed E-state index contributed by atoms with van der Waals surface area (Å²) in [5.74, 6) is 1.29. The van der Waals surface area contributed by atoms with E-state index in [-0.39, 0.29) is 6.61 Å². The van der Waals surface area contributed by atoms with E-state index in [9.17, 15) is 5.11 Å². The number of hydrogen-bond acceptors (Lipinski definition) is 3. The molecule has 0 amide bonds. The Hall–Kier alpha value is -1.35.